The molecule has 1 atom stereocenters. The molecular weight excluding hydrogens is 326 g/mol. The molecule has 0 aromatic heterocycles. The first kappa shape index (κ1) is 16.2. The summed E-state index contributed by atoms with van der Waals surface area (Å²) in [6, 6.07) is 25.3. The Labute approximate surface area is 152 Å². The zero-order valence-corrected chi connectivity index (χ0v) is 14.2. The molecule has 0 bridgehead atoms. The third kappa shape index (κ3) is 3.54. The molecule has 26 heavy (non-hydrogen) atoms. The zero-order chi connectivity index (χ0) is 17.8. The fourth-order valence-electron chi connectivity index (χ4n) is 3.07. The van der Waals surface area contributed by atoms with E-state index >= 15 is 0 Å². The van der Waals surface area contributed by atoms with Gasteiger partial charge in [-0.3, -0.25) is 4.79 Å². The fraction of sp³-hybridized carbons (Fsp3) is 0.136. The van der Waals surface area contributed by atoms with Gasteiger partial charge in [0.05, 0.1) is 6.04 Å². The van der Waals surface area contributed by atoms with Crippen LogP contribution in [0.15, 0.2) is 78.9 Å². The highest BCUT2D eigenvalue weighted by Gasteiger charge is 2.19. The van der Waals surface area contributed by atoms with Gasteiger partial charge in [-0.1, -0.05) is 60.7 Å². The quantitative estimate of drug-likeness (QED) is 0.756. The van der Waals surface area contributed by atoms with Gasteiger partial charge in [0.2, 0.25) is 6.79 Å². The molecule has 1 amide bonds. The summed E-state index contributed by atoms with van der Waals surface area (Å²) < 4.78 is 10.7. The molecule has 1 aliphatic heterocycles. The Hall–Kier alpha value is -3.27. The van der Waals surface area contributed by atoms with E-state index in [9.17, 15) is 4.79 Å². The monoisotopic (exact) mass is 345 g/mol. The Morgan fingerprint density at radius 3 is 2.35 bits per heavy atom. The van der Waals surface area contributed by atoms with E-state index in [1.807, 2.05) is 48.5 Å². The van der Waals surface area contributed by atoms with Crippen molar-refractivity contribution in [2.45, 2.75) is 12.5 Å². The minimum atomic E-state index is -0.131. The van der Waals surface area contributed by atoms with Crippen molar-refractivity contribution in [3.05, 3.63) is 95.6 Å². The molecule has 0 saturated heterocycles. The Morgan fingerprint density at radius 1 is 0.885 bits per heavy atom. The Bertz CT molecular complexity index is 894. The van der Waals surface area contributed by atoms with Gasteiger partial charge in [-0.15, -0.1) is 0 Å². The van der Waals surface area contributed by atoms with Crippen LogP contribution in [0.5, 0.6) is 11.5 Å². The first-order chi connectivity index (χ1) is 12.8. The molecule has 1 heterocycles. The van der Waals surface area contributed by atoms with Crippen molar-refractivity contribution in [3.8, 4) is 11.5 Å². The van der Waals surface area contributed by atoms with Crippen LogP contribution in [0, 0.1) is 0 Å². The van der Waals surface area contributed by atoms with Gasteiger partial charge < -0.3 is 14.8 Å². The SMILES string of the molecule is O=C(NC(Cc1ccccc1)c1ccccc1)c1ccc2c(c1)OCO2. The molecule has 1 aliphatic rings. The predicted octanol–water partition coefficient (Wildman–Crippen LogP) is 4.13. The Morgan fingerprint density at radius 2 is 1.58 bits per heavy atom. The molecule has 0 spiro atoms. The normalized spacial score (nSPS) is 13.2. The second kappa shape index (κ2) is 7.31. The van der Waals surface area contributed by atoms with Gasteiger partial charge in [-0.05, 0) is 35.7 Å². The Balaban J connectivity index is 1.57. The minimum absolute atomic E-state index is 0.114. The summed E-state index contributed by atoms with van der Waals surface area (Å²) in [6.45, 7) is 0.195. The highest BCUT2D eigenvalue weighted by molar-refractivity contribution is 5.95. The number of carbonyl (C=O) groups is 1. The number of fused-ring (bicyclic) bond motifs is 1. The average molecular weight is 345 g/mol. The number of benzene rings is 3. The fourth-order valence-corrected chi connectivity index (χ4v) is 3.07. The third-order valence-corrected chi connectivity index (χ3v) is 4.42. The van der Waals surface area contributed by atoms with Crippen molar-refractivity contribution in [2.24, 2.45) is 0 Å². The van der Waals surface area contributed by atoms with Crippen molar-refractivity contribution in [3.63, 3.8) is 0 Å². The number of amides is 1. The lowest BCUT2D eigenvalue weighted by Gasteiger charge is -2.20. The predicted molar refractivity (Wildman–Crippen MR) is 99.4 cm³/mol. The van der Waals surface area contributed by atoms with Crippen LogP contribution in [-0.4, -0.2) is 12.7 Å². The number of rotatable bonds is 5. The second-order valence-corrected chi connectivity index (χ2v) is 6.19. The van der Waals surface area contributed by atoms with E-state index in [2.05, 4.69) is 17.4 Å². The summed E-state index contributed by atoms with van der Waals surface area (Å²) in [4.78, 5) is 12.8. The van der Waals surface area contributed by atoms with Crippen LogP contribution < -0.4 is 14.8 Å². The van der Waals surface area contributed by atoms with Crippen LogP contribution in [0.2, 0.25) is 0 Å². The molecule has 3 aromatic carbocycles. The van der Waals surface area contributed by atoms with Crippen LogP contribution in [-0.2, 0) is 6.42 Å². The largest absolute Gasteiger partial charge is 0.454 e. The first-order valence-electron chi connectivity index (χ1n) is 8.59. The summed E-state index contributed by atoms with van der Waals surface area (Å²) in [7, 11) is 0. The van der Waals surface area contributed by atoms with Crippen LogP contribution in [0.1, 0.15) is 27.5 Å². The van der Waals surface area contributed by atoms with E-state index in [-0.39, 0.29) is 18.7 Å². The van der Waals surface area contributed by atoms with Crippen molar-refractivity contribution < 1.29 is 14.3 Å². The number of hydrogen-bond donors (Lipinski definition) is 1. The van der Waals surface area contributed by atoms with Crippen molar-refractivity contribution in [1.29, 1.82) is 0 Å². The average Bonchev–Trinajstić information content (AvgIpc) is 3.17. The summed E-state index contributed by atoms with van der Waals surface area (Å²) in [6.07, 6.45) is 0.723. The van der Waals surface area contributed by atoms with E-state index < -0.39 is 0 Å². The van der Waals surface area contributed by atoms with Gasteiger partial charge in [0.1, 0.15) is 0 Å². The van der Waals surface area contributed by atoms with E-state index in [0.29, 0.717) is 17.1 Å². The second-order valence-electron chi connectivity index (χ2n) is 6.19. The molecular formula is C22H19NO3. The van der Waals surface area contributed by atoms with Crippen molar-refractivity contribution in [1.82, 2.24) is 5.32 Å². The van der Waals surface area contributed by atoms with Gasteiger partial charge in [0.25, 0.3) is 5.91 Å². The van der Waals surface area contributed by atoms with Crippen LogP contribution in [0.4, 0.5) is 0 Å². The number of hydrogen-bond acceptors (Lipinski definition) is 3. The molecule has 4 nitrogen and oxygen atoms in total. The molecule has 0 fully saturated rings. The molecule has 1 unspecified atom stereocenters. The highest BCUT2D eigenvalue weighted by atomic mass is 16.7. The van der Waals surface area contributed by atoms with Gasteiger partial charge in [0, 0.05) is 5.56 Å². The van der Waals surface area contributed by atoms with Crippen LogP contribution in [0.3, 0.4) is 0 Å². The minimum Gasteiger partial charge on any atom is -0.454 e. The molecule has 3 aromatic rings. The molecule has 0 aliphatic carbocycles. The zero-order valence-electron chi connectivity index (χ0n) is 14.2. The molecule has 0 radical (unpaired) electrons. The summed E-state index contributed by atoms with van der Waals surface area (Å²) in [5.74, 6) is 1.15. The van der Waals surface area contributed by atoms with Gasteiger partial charge in [0.15, 0.2) is 11.5 Å². The summed E-state index contributed by atoms with van der Waals surface area (Å²) in [5.41, 5.74) is 2.81. The lowest BCUT2D eigenvalue weighted by molar-refractivity contribution is 0.0936. The van der Waals surface area contributed by atoms with Gasteiger partial charge in [-0.25, -0.2) is 0 Å². The molecule has 4 heteroatoms. The molecule has 4 rings (SSSR count). The van der Waals surface area contributed by atoms with Crippen molar-refractivity contribution >= 4 is 5.91 Å². The number of nitrogens with one attached hydrogen (secondary N) is 1. The summed E-state index contributed by atoms with van der Waals surface area (Å²) >= 11 is 0. The van der Waals surface area contributed by atoms with Gasteiger partial charge >= 0.3 is 0 Å². The standard InChI is InChI=1S/C22H19NO3/c24-22(18-11-12-20-21(14-18)26-15-25-20)23-19(17-9-5-2-6-10-17)13-16-7-3-1-4-8-16/h1-12,14,19H,13,15H2,(H,23,24). The van der Waals surface area contributed by atoms with Crippen LogP contribution in [0.25, 0.3) is 0 Å². The maximum atomic E-state index is 12.8. The lowest BCUT2D eigenvalue weighted by Crippen LogP contribution is -2.30. The van der Waals surface area contributed by atoms with E-state index in [4.69, 9.17) is 9.47 Å². The van der Waals surface area contributed by atoms with Crippen LogP contribution >= 0.6 is 0 Å². The smallest absolute Gasteiger partial charge is 0.251 e. The number of ether oxygens (including phenoxy) is 2. The number of carbonyl (C=O) groups excluding carboxylic acids is 1. The summed E-state index contributed by atoms with van der Waals surface area (Å²) in [5, 5.41) is 3.15. The van der Waals surface area contributed by atoms with Crippen molar-refractivity contribution in [2.75, 3.05) is 6.79 Å². The lowest BCUT2D eigenvalue weighted by atomic mass is 9.98. The van der Waals surface area contributed by atoms with E-state index in [0.717, 1.165) is 12.0 Å². The van der Waals surface area contributed by atoms with E-state index in [1.165, 1.54) is 5.56 Å². The Kier molecular flexibility index (Phi) is 4.56. The van der Waals surface area contributed by atoms with E-state index in [1.54, 1.807) is 18.2 Å². The topological polar surface area (TPSA) is 47.6 Å². The van der Waals surface area contributed by atoms with Gasteiger partial charge in [-0.2, -0.15) is 0 Å². The highest BCUT2D eigenvalue weighted by Crippen LogP contribution is 2.32. The maximum absolute atomic E-state index is 12.8. The maximum Gasteiger partial charge on any atom is 0.251 e. The third-order valence-electron chi connectivity index (χ3n) is 4.42. The molecule has 1 N–H and O–H groups in total. The molecule has 0 saturated carbocycles. The molecule has 130 valence electrons. The first-order valence-corrected chi connectivity index (χ1v) is 8.59.